The zero-order valence-corrected chi connectivity index (χ0v) is 15.3. The summed E-state index contributed by atoms with van der Waals surface area (Å²) in [5.74, 6) is -1.01. The number of carbonyl (C=O) groups is 3. The molecule has 26 heavy (non-hydrogen) atoms. The summed E-state index contributed by atoms with van der Waals surface area (Å²) in [7, 11) is 1.63. The largest absolute Gasteiger partial charge is 0.454 e. The number of anilines is 1. The number of hydrogen-bond donors (Lipinski definition) is 0. The third-order valence-corrected chi connectivity index (χ3v) is 5.23. The number of esters is 1. The molecule has 1 aliphatic rings. The minimum Gasteiger partial charge on any atom is -0.454 e. The van der Waals surface area contributed by atoms with Gasteiger partial charge in [0.2, 0.25) is 0 Å². The molecule has 0 spiro atoms. The van der Waals surface area contributed by atoms with Crippen molar-refractivity contribution in [3.8, 4) is 0 Å². The van der Waals surface area contributed by atoms with Crippen molar-refractivity contribution in [2.75, 3.05) is 25.1 Å². The van der Waals surface area contributed by atoms with Crippen molar-refractivity contribution in [1.29, 1.82) is 0 Å². The summed E-state index contributed by atoms with van der Waals surface area (Å²) in [5.41, 5.74) is 0.726. The number of amides is 2. The second-order valence-electron chi connectivity index (χ2n) is 6.03. The number of carbonyl (C=O) groups excluding carboxylic acids is 3. The maximum absolute atomic E-state index is 12.5. The minimum absolute atomic E-state index is 0.160. The van der Waals surface area contributed by atoms with Crippen molar-refractivity contribution in [2.24, 2.45) is 0 Å². The van der Waals surface area contributed by atoms with E-state index in [0.29, 0.717) is 17.8 Å². The van der Waals surface area contributed by atoms with Gasteiger partial charge in [-0.05, 0) is 36.4 Å². The molecule has 1 aromatic heterocycles. The number of hydrogen-bond acceptors (Lipinski definition) is 5. The van der Waals surface area contributed by atoms with Crippen molar-refractivity contribution in [3.63, 3.8) is 0 Å². The standard InChI is InChI=1S/C19H20N2O4S/c1-20(14-7-3-2-4-8-14)17(22)13-25-19(24)15-9-5-11-21(15)18(23)16-10-6-12-26-16/h2-4,6-8,10,12,15H,5,9,11,13H2,1H3/t15-/m1/s1. The number of thiophene rings is 1. The second kappa shape index (κ2) is 8.14. The Kier molecular flexibility index (Phi) is 5.68. The first-order valence-corrected chi connectivity index (χ1v) is 9.28. The molecule has 0 bridgehead atoms. The molecule has 7 heteroatoms. The number of rotatable bonds is 5. The third-order valence-electron chi connectivity index (χ3n) is 4.37. The van der Waals surface area contributed by atoms with Crippen molar-refractivity contribution < 1.29 is 19.1 Å². The van der Waals surface area contributed by atoms with Crippen molar-refractivity contribution in [2.45, 2.75) is 18.9 Å². The zero-order chi connectivity index (χ0) is 18.5. The lowest BCUT2D eigenvalue weighted by atomic mass is 10.2. The molecule has 2 heterocycles. The average Bonchev–Trinajstić information content (AvgIpc) is 3.37. The van der Waals surface area contributed by atoms with Gasteiger partial charge in [0.25, 0.3) is 11.8 Å². The lowest BCUT2D eigenvalue weighted by Crippen LogP contribution is -2.42. The highest BCUT2D eigenvalue weighted by molar-refractivity contribution is 7.12. The smallest absolute Gasteiger partial charge is 0.329 e. The summed E-state index contributed by atoms with van der Waals surface area (Å²) >= 11 is 1.35. The quantitative estimate of drug-likeness (QED) is 0.757. The Morgan fingerprint density at radius 1 is 1.19 bits per heavy atom. The van der Waals surface area contributed by atoms with E-state index >= 15 is 0 Å². The van der Waals surface area contributed by atoms with E-state index < -0.39 is 12.0 Å². The fraction of sp³-hybridized carbons (Fsp3) is 0.316. The molecule has 6 nitrogen and oxygen atoms in total. The van der Waals surface area contributed by atoms with Crippen LogP contribution in [0, 0.1) is 0 Å². The summed E-state index contributed by atoms with van der Waals surface area (Å²) < 4.78 is 5.21. The normalized spacial score (nSPS) is 16.3. The first kappa shape index (κ1) is 18.1. The van der Waals surface area contributed by atoms with Crippen LogP contribution in [0.5, 0.6) is 0 Å². The van der Waals surface area contributed by atoms with Gasteiger partial charge >= 0.3 is 5.97 Å². The van der Waals surface area contributed by atoms with Gasteiger partial charge in [-0.25, -0.2) is 4.79 Å². The van der Waals surface area contributed by atoms with Crippen LogP contribution < -0.4 is 4.90 Å². The molecule has 1 saturated heterocycles. The minimum atomic E-state index is -0.626. The predicted molar refractivity (Wildman–Crippen MR) is 99.2 cm³/mol. The Balaban J connectivity index is 1.57. The van der Waals surface area contributed by atoms with E-state index in [0.717, 1.165) is 12.1 Å². The van der Waals surface area contributed by atoms with Gasteiger partial charge in [0.1, 0.15) is 6.04 Å². The van der Waals surface area contributed by atoms with Gasteiger partial charge in [-0.2, -0.15) is 0 Å². The van der Waals surface area contributed by atoms with Crippen LogP contribution in [0.15, 0.2) is 47.8 Å². The Bertz CT molecular complexity index is 776. The van der Waals surface area contributed by atoms with Crippen LogP contribution in [0.2, 0.25) is 0 Å². The second-order valence-corrected chi connectivity index (χ2v) is 6.98. The van der Waals surface area contributed by atoms with Crippen LogP contribution in [-0.2, 0) is 14.3 Å². The molecule has 1 aromatic carbocycles. The maximum Gasteiger partial charge on any atom is 0.329 e. The summed E-state index contributed by atoms with van der Waals surface area (Å²) in [6.07, 6.45) is 1.30. The molecular formula is C19H20N2O4S. The van der Waals surface area contributed by atoms with Gasteiger partial charge in [-0.15, -0.1) is 11.3 Å². The Labute approximate surface area is 156 Å². The number of benzene rings is 1. The van der Waals surface area contributed by atoms with E-state index in [1.54, 1.807) is 36.2 Å². The monoisotopic (exact) mass is 372 g/mol. The molecule has 2 aromatic rings. The van der Waals surface area contributed by atoms with Crippen molar-refractivity contribution in [3.05, 3.63) is 52.7 Å². The molecule has 1 aliphatic heterocycles. The molecule has 2 amide bonds. The van der Waals surface area contributed by atoms with Crippen molar-refractivity contribution in [1.82, 2.24) is 4.90 Å². The predicted octanol–water partition coefficient (Wildman–Crippen LogP) is 2.56. The first-order chi connectivity index (χ1) is 12.6. The Morgan fingerprint density at radius 3 is 2.65 bits per heavy atom. The molecule has 1 atom stereocenters. The third kappa shape index (κ3) is 3.94. The van der Waals surface area contributed by atoms with Crippen LogP contribution in [0.1, 0.15) is 22.5 Å². The SMILES string of the molecule is CN(C(=O)COC(=O)[C@H]1CCCN1C(=O)c1cccs1)c1ccccc1. The first-order valence-electron chi connectivity index (χ1n) is 8.40. The topological polar surface area (TPSA) is 66.9 Å². The van der Waals surface area contributed by atoms with Gasteiger partial charge in [0.15, 0.2) is 6.61 Å². The summed E-state index contributed by atoms with van der Waals surface area (Å²) in [6, 6.07) is 12.1. The van der Waals surface area contributed by atoms with E-state index in [9.17, 15) is 14.4 Å². The number of nitrogens with zero attached hydrogens (tertiary/aromatic N) is 2. The van der Waals surface area contributed by atoms with Crippen LogP contribution in [-0.4, -0.2) is 48.9 Å². The van der Waals surface area contributed by atoms with Gasteiger partial charge in [-0.1, -0.05) is 24.3 Å². The van der Waals surface area contributed by atoms with Gasteiger partial charge in [0.05, 0.1) is 4.88 Å². The number of likely N-dealkylation sites (tertiary alicyclic amines) is 1. The maximum atomic E-state index is 12.5. The summed E-state index contributed by atoms with van der Waals surface area (Å²) in [4.78, 5) is 40.7. The van der Waals surface area contributed by atoms with Crippen LogP contribution in [0.3, 0.4) is 0 Å². The van der Waals surface area contributed by atoms with Crippen molar-refractivity contribution >= 4 is 34.8 Å². The average molecular weight is 372 g/mol. The fourth-order valence-electron chi connectivity index (χ4n) is 2.92. The van der Waals surface area contributed by atoms with E-state index in [4.69, 9.17) is 4.74 Å². The number of ether oxygens (including phenoxy) is 1. The molecular weight excluding hydrogens is 352 g/mol. The van der Waals surface area contributed by atoms with Gasteiger partial charge in [-0.3, -0.25) is 9.59 Å². The summed E-state index contributed by atoms with van der Waals surface area (Å²) in [6.45, 7) is 0.177. The molecule has 0 radical (unpaired) electrons. The van der Waals surface area contributed by atoms with Gasteiger partial charge < -0.3 is 14.5 Å². The van der Waals surface area contributed by atoms with Crippen LogP contribution in [0.25, 0.3) is 0 Å². The lowest BCUT2D eigenvalue weighted by Gasteiger charge is -2.23. The van der Waals surface area contributed by atoms with E-state index in [1.165, 1.54) is 16.2 Å². The molecule has 3 rings (SSSR count). The summed E-state index contributed by atoms with van der Waals surface area (Å²) in [5, 5.41) is 1.83. The molecule has 0 N–H and O–H groups in total. The molecule has 0 unspecified atom stereocenters. The number of likely N-dealkylation sites (N-methyl/N-ethyl adjacent to an activating group) is 1. The van der Waals surface area contributed by atoms with E-state index in [-0.39, 0.29) is 18.4 Å². The highest BCUT2D eigenvalue weighted by Crippen LogP contribution is 2.23. The Hall–Kier alpha value is -2.67. The van der Waals surface area contributed by atoms with E-state index in [1.807, 2.05) is 23.6 Å². The van der Waals surface area contributed by atoms with Crippen LogP contribution >= 0.6 is 11.3 Å². The Morgan fingerprint density at radius 2 is 1.96 bits per heavy atom. The highest BCUT2D eigenvalue weighted by atomic mass is 32.1. The fourth-order valence-corrected chi connectivity index (χ4v) is 3.60. The highest BCUT2D eigenvalue weighted by Gasteiger charge is 2.36. The van der Waals surface area contributed by atoms with Crippen LogP contribution in [0.4, 0.5) is 5.69 Å². The molecule has 136 valence electrons. The molecule has 1 fully saturated rings. The number of para-hydroxylation sites is 1. The van der Waals surface area contributed by atoms with Gasteiger partial charge in [0, 0.05) is 19.3 Å². The van der Waals surface area contributed by atoms with E-state index in [2.05, 4.69) is 0 Å². The molecule has 0 aliphatic carbocycles. The molecule has 0 saturated carbocycles. The zero-order valence-electron chi connectivity index (χ0n) is 14.5. The lowest BCUT2D eigenvalue weighted by molar-refractivity contribution is -0.151.